The summed E-state index contributed by atoms with van der Waals surface area (Å²) in [6, 6.07) is 6.70. The van der Waals surface area contributed by atoms with E-state index in [0.717, 1.165) is 23.4 Å². The second-order valence-corrected chi connectivity index (χ2v) is 9.85. The Morgan fingerprint density at radius 1 is 1.22 bits per heavy atom. The summed E-state index contributed by atoms with van der Waals surface area (Å²) >= 11 is 7.45. The van der Waals surface area contributed by atoms with Crippen molar-refractivity contribution < 1.29 is 28.4 Å². The molecule has 1 aromatic carbocycles. The Morgan fingerprint density at radius 3 is 2.73 bits per heavy atom. The van der Waals surface area contributed by atoms with Gasteiger partial charge in [0.15, 0.2) is 11.5 Å². The molecule has 0 unspecified atom stereocenters. The molecule has 0 aliphatic carbocycles. The van der Waals surface area contributed by atoms with Gasteiger partial charge in [0.1, 0.15) is 18.9 Å². The highest BCUT2D eigenvalue weighted by Gasteiger charge is 2.26. The Kier molecular flexibility index (Phi) is 8.91. The molecule has 1 aliphatic heterocycles. The van der Waals surface area contributed by atoms with E-state index in [4.69, 9.17) is 25.6 Å². The van der Waals surface area contributed by atoms with Crippen LogP contribution in [-0.4, -0.2) is 65.7 Å². The zero-order valence-corrected chi connectivity index (χ0v) is 22.1. The number of aryl methyl sites for hydroxylation is 1. The van der Waals surface area contributed by atoms with Gasteiger partial charge in [0.05, 0.1) is 11.6 Å². The van der Waals surface area contributed by atoms with Crippen LogP contribution >= 0.6 is 22.9 Å². The van der Waals surface area contributed by atoms with Gasteiger partial charge in [-0.05, 0) is 50.5 Å². The number of halogens is 1. The van der Waals surface area contributed by atoms with Crippen LogP contribution in [0.1, 0.15) is 46.7 Å². The molecule has 3 heterocycles. The van der Waals surface area contributed by atoms with Crippen molar-refractivity contribution in [3.05, 3.63) is 50.9 Å². The van der Waals surface area contributed by atoms with E-state index < -0.39 is 5.97 Å². The number of hydrogen-bond acceptors (Lipinski definition) is 9. The zero-order chi connectivity index (χ0) is 26.4. The Labute approximate surface area is 222 Å². The molecule has 0 radical (unpaired) electrons. The van der Waals surface area contributed by atoms with Crippen LogP contribution in [0.5, 0.6) is 0 Å². The second kappa shape index (κ2) is 12.3. The summed E-state index contributed by atoms with van der Waals surface area (Å²) < 4.78 is 15.5. The summed E-state index contributed by atoms with van der Waals surface area (Å²) in [6.45, 7) is 4.60. The van der Waals surface area contributed by atoms with Gasteiger partial charge in [-0.1, -0.05) is 16.8 Å². The van der Waals surface area contributed by atoms with Gasteiger partial charge >= 0.3 is 5.97 Å². The van der Waals surface area contributed by atoms with Crippen LogP contribution < -0.4 is 5.32 Å². The lowest BCUT2D eigenvalue weighted by Crippen LogP contribution is -2.40. The average Bonchev–Trinajstić information content (AvgIpc) is 3.56. The molecule has 3 aromatic rings. The van der Waals surface area contributed by atoms with Gasteiger partial charge in [-0.2, -0.15) is 0 Å². The number of aromatic nitrogens is 2. The number of rotatable bonds is 9. The number of carbonyl (C=O) groups excluding carboxylic acids is 3. The standard InChI is InChI=1S/C25H27ClN4O6S/c1-3-35-25(33)19-11-21(36-29-19)20-14-37-24(28-20)16-6-8-30(9-7-16)23(32)13-34-12-22(31)27-18-5-4-17(26)10-15(18)2/h4-5,10-11,14,16H,3,6-9,12-13H2,1-2H3,(H,27,31). The van der Waals surface area contributed by atoms with E-state index in [1.807, 2.05) is 12.3 Å². The Bertz CT molecular complexity index is 1270. The summed E-state index contributed by atoms with van der Waals surface area (Å²) in [5, 5.41) is 9.92. The topological polar surface area (TPSA) is 124 Å². The third kappa shape index (κ3) is 6.94. The molecule has 0 saturated carbocycles. The SMILES string of the molecule is CCOC(=O)c1cc(-c2csc(C3CCN(C(=O)COCC(=O)Nc4ccc(Cl)cc4C)CC3)n2)on1. The number of nitrogens with zero attached hydrogens (tertiary/aromatic N) is 3. The van der Waals surface area contributed by atoms with E-state index in [-0.39, 0.29) is 43.2 Å². The van der Waals surface area contributed by atoms with Crippen molar-refractivity contribution in [2.75, 3.05) is 38.2 Å². The first-order valence-corrected chi connectivity index (χ1v) is 13.1. The third-order valence-electron chi connectivity index (χ3n) is 5.89. The van der Waals surface area contributed by atoms with Gasteiger partial charge < -0.3 is 24.2 Å². The van der Waals surface area contributed by atoms with Gasteiger partial charge in [0.2, 0.25) is 11.8 Å². The van der Waals surface area contributed by atoms with E-state index in [1.165, 1.54) is 17.4 Å². The first kappa shape index (κ1) is 26.8. The van der Waals surface area contributed by atoms with E-state index in [0.29, 0.717) is 35.3 Å². The summed E-state index contributed by atoms with van der Waals surface area (Å²) in [7, 11) is 0. The fourth-order valence-electron chi connectivity index (χ4n) is 3.94. The molecule has 2 amide bonds. The number of hydrogen-bond donors (Lipinski definition) is 1. The molecule has 0 spiro atoms. The van der Waals surface area contributed by atoms with Crippen LogP contribution in [0.15, 0.2) is 34.2 Å². The van der Waals surface area contributed by atoms with Gasteiger partial charge in [-0.25, -0.2) is 9.78 Å². The molecule has 0 atom stereocenters. The van der Waals surface area contributed by atoms with Crippen molar-refractivity contribution in [1.82, 2.24) is 15.0 Å². The number of amides is 2. The molecule has 1 fully saturated rings. The minimum Gasteiger partial charge on any atom is -0.461 e. The van der Waals surface area contributed by atoms with Crippen LogP contribution in [0.4, 0.5) is 5.69 Å². The number of nitrogens with one attached hydrogen (secondary N) is 1. The number of benzene rings is 1. The molecular weight excluding hydrogens is 520 g/mol. The Balaban J connectivity index is 1.21. The number of thiazole rings is 1. The lowest BCUT2D eigenvalue weighted by molar-refractivity contribution is -0.138. The molecule has 1 aliphatic rings. The normalized spacial score (nSPS) is 14.0. The highest BCUT2D eigenvalue weighted by atomic mass is 35.5. The van der Waals surface area contributed by atoms with Crippen LogP contribution in [0.3, 0.4) is 0 Å². The van der Waals surface area contributed by atoms with E-state index in [1.54, 1.807) is 30.0 Å². The summed E-state index contributed by atoms with van der Waals surface area (Å²) in [5.74, 6) is -0.402. The summed E-state index contributed by atoms with van der Waals surface area (Å²) in [4.78, 5) is 42.9. The van der Waals surface area contributed by atoms with E-state index >= 15 is 0 Å². The molecule has 37 heavy (non-hydrogen) atoms. The van der Waals surface area contributed by atoms with Crippen LogP contribution in [0.25, 0.3) is 11.5 Å². The second-order valence-electron chi connectivity index (χ2n) is 8.52. The number of esters is 1. The first-order chi connectivity index (χ1) is 17.8. The molecule has 10 nitrogen and oxygen atoms in total. The predicted molar refractivity (Wildman–Crippen MR) is 138 cm³/mol. The molecule has 4 rings (SSSR count). The molecule has 12 heteroatoms. The molecular formula is C25H27ClN4O6S. The first-order valence-electron chi connectivity index (χ1n) is 11.8. The van der Waals surface area contributed by atoms with Crippen LogP contribution in [0, 0.1) is 6.92 Å². The maximum atomic E-state index is 12.6. The van der Waals surface area contributed by atoms with Crippen molar-refractivity contribution in [3.8, 4) is 11.5 Å². The van der Waals surface area contributed by atoms with Crippen LogP contribution in [0.2, 0.25) is 5.02 Å². The van der Waals surface area contributed by atoms with Gasteiger partial charge in [-0.3, -0.25) is 9.59 Å². The van der Waals surface area contributed by atoms with Gasteiger partial charge in [-0.15, -0.1) is 11.3 Å². The predicted octanol–water partition coefficient (Wildman–Crippen LogP) is 4.30. The fourth-order valence-corrected chi connectivity index (χ4v) is 5.14. The molecule has 1 saturated heterocycles. The lowest BCUT2D eigenvalue weighted by atomic mass is 9.97. The third-order valence-corrected chi connectivity index (χ3v) is 7.13. The number of anilines is 1. The number of ether oxygens (including phenoxy) is 2. The molecule has 0 bridgehead atoms. The largest absolute Gasteiger partial charge is 0.461 e. The Morgan fingerprint density at radius 2 is 2.00 bits per heavy atom. The van der Waals surface area contributed by atoms with Crippen molar-refractivity contribution >= 4 is 46.4 Å². The maximum absolute atomic E-state index is 12.6. The van der Waals surface area contributed by atoms with Gasteiger partial charge in [0.25, 0.3) is 0 Å². The van der Waals surface area contributed by atoms with Crippen molar-refractivity contribution in [2.45, 2.75) is 32.6 Å². The maximum Gasteiger partial charge on any atom is 0.360 e. The summed E-state index contributed by atoms with van der Waals surface area (Å²) in [6.07, 6.45) is 1.53. The van der Waals surface area contributed by atoms with Crippen molar-refractivity contribution in [1.29, 1.82) is 0 Å². The quantitative estimate of drug-likeness (QED) is 0.394. The molecule has 2 aromatic heterocycles. The zero-order valence-electron chi connectivity index (χ0n) is 20.5. The van der Waals surface area contributed by atoms with Crippen LogP contribution in [-0.2, 0) is 19.1 Å². The minimum absolute atomic E-state index is 0.109. The molecule has 1 N–H and O–H groups in total. The van der Waals surface area contributed by atoms with E-state index in [9.17, 15) is 14.4 Å². The average molecular weight is 547 g/mol. The molecule has 196 valence electrons. The van der Waals surface area contributed by atoms with Crippen molar-refractivity contribution in [3.63, 3.8) is 0 Å². The smallest absolute Gasteiger partial charge is 0.360 e. The lowest BCUT2D eigenvalue weighted by Gasteiger charge is -2.31. The van der Waals surface area contributed by atoms with Gasteiger partial charge in [0, 0.05) is 41.2 Å². The fraction of sp³-hybridized carbons (Fsp3) is 0.400. The highest BCUT2D eigenvalue weighted by Crippen LogP contribution is 2.33. The monoisotopic (exact) mass is 546 g/mol. The number of piperidine rings is 1. The van der Waals surface area contributed by atoms with Crippen molar-refractivity contribution in [2.24, 2.45) is 0 Å². The minimum atomic E-state index is -0.536. The Hall–Kier alpha value is -3.28. The number of likely N-dealkylation sites (tertiary alicyclic amines) is 1. The van der Waals surface area contributed by atoms with E-state index in [2.05, 4.69) is 15.5 Å². The number of carbonyl (C=O) groups is 3. The summed E-state index contributed by atoms with van der Waals surface area (Å²) in [5.41, 5.74) is 2.22. The highest BCUT2D eigenvalue weighted by molar-refractivity contribution is 7.10.